The van der Waals surface area contributed by atoms with Crippen LogP contribution in [0.25, 0.3) is 0 Å². The van der Waals surface area contributed by atoms with E-state index in [9.17, 15) is 0 Å². The van der Waals surface area contributed by atoms with E-state index in [2.05, 4.69) is 116 Å². The lowest BCUT2D eigenvalue weighted by atomic mass is 9.91. The van der Waals surface area contributed by atoms with Crippen molar-refractivity contribution in [2.24, 2.45) is 0 Å². The van der Waals surface area contributed by atoms with Crippen LogP contribution in [-0.2, 0) is 0 Å². The summed E-state index contributed by atoms with van der Waals surface area (Å²) >= 11 is 9.52. The van der Waals surface area contributed by atoms with Crippen LogP contribution in [0.1, 0.15) is 95.9 Å². The van der Waals surface area contributed by atoms with E-state index in [0.717, 1.165) is 12.8 Å². The van der Waals surface area contributed by atoms with Crippen molar-refractivity contribution in [3.8, 4) is 0 Å². The van der Waals surface area contributed by atoms with Crippen LogP contribution in [0.15, 0.2) is 0 Å². The van der Waals surface area contributed by atoms with E-state index in [1.807, 2.05) is 11.8 Å². The Morgan fingerprint density at radius 3 is 1.48 bits per heavy atom. The minimum absolute atomic E-state index is 0.0375. The molecule has 0 radical (unpaired) electrons. The van der Waals surface area contributed by atoms with Gasteiger partial charge in [-0.25, -0.2) is 0 Å². The molecule has 0 rings (SSSR count). The zero-order valence-electron chi connectivity index (χ0n) is 18.6. The van der Waals surface area contributed by atoms with Gasteiger partial charge >= 0.3 is 0 Å². The van der Waals surface area contributed by atoms with Crippen molar-refractivity contribution in [1.29, 1.82) is 0 Å². The molecule has 0 aliphatic heterocycles. The number of hydrogen-bond donors (Lipinski definition) is 3. The molecular weight excluding hydrogens is 459 g/mol. The van der Waals surface area contributed by atoms with Gasteiger partial charge in [0.05, 0.1) is 7.62 Å². The van der Waals surface area contributed by atoms with E-state index in [0.29, 0.717) is 0 Å². The van der Waals surface area contributed by atoms with Gasteiger partial charge in [0, 0.05) is 21.4 Å². The van der Waals surface area contributed by atoms with E-state index >= 15 is 0 Å². The zero-order valence-corrected chi connectivity index (χ0v) is 22.5. The molecule has 152 valence electrons. The van der Waals surface area contributed by atoms with Crippen LogP contribution in [0, 0.1) is 0 Å². The van der Waals surface area contributed by atoms with Crippen LogP contribution >= 0.6 is 47.0 Å². The fourth-order valence-corrected chi connectivity index (χ4v) is 8.38. The second-order valence-electron chi connectivity index (χ2n) is 11.1. The van der Waals surface area contributed by atoms with Gasteiger partial charge in [0.25, 0.3) is 0 Å². The van der Waals surface area contributed by atoms with Crippen LogP contribution in [0.2, 0.25) is 0 Å². The molecule has 0 aliphatic rings. The molecule has 0 fully saturated rings. The van der Waals surface area contributed by atoms with Gasteiger partial charge in [-0.05, 0) is 82.1 Å². The van der Waals surface area contributed by atoms with Gasteiger partial charge in [0.2, 0.25) is 0 Å². The predicted octanol–water partition coefficient (Wildman–Crippen LogP) is 6.63. The van der Waals surface area contributed by atoms with E-state index in [4.69, 9.17) is 12.6 Å². The molecule has 0 bridgehead atoms. The molecule has 5 heteroatoms. The number of hydrogen-bond acceptors (Lipinski definition) is 4. The van der Waals surface area contributed by atoms with Gasteiger partial charge in [-0.3, -0.25) is 5.32 Å². The molecule has 0 aromatic rings. The fraction of sp³-hybridized carbons (Fsp3) is 1.00. The number of thiol groups is 1. The Balaban J connectivity index is 5.01. The Morgan fingerprint density at radius 1 is 0.720 bits per heavy atom. The molecule has 25 heavy (non-hydrogen) atoms. The second-order valence-corrected chi connectivity index (χ2v) is 17.3. The van der Waals surface area contributed by atoms with Gasteiger partial charge in [0.15, 0.2) is 0 Å². The Labute approximate surface area is 181 Å². The highest BCUT2D eigenvalue weighted by Gasteiger charge is 2.39. The Kier molecular flexibility index (Phi) is 8.83. The molecular formula is C20H43IN2S2. The average molecular weight is 503 g/mol. The van der Waals surface area contributed by atoms with Crippen molar-refractivity contribution >= 4 is 47.0 Å². The normalized spacial score (nSPS) is 17.5. The summed E-state index contributed by atoms with van der Waals surface area (Å²) in [5, 5.41) is 7.49. The van der Waals surface area contributed by atoms with Crippen LogP contribution in [0.5, 0.6) is 0 Å². The molecule has 0 aromatic carbocycles. The van der Waals surface area contributed by atoms with Gasteiger partial charge in [-0.1, -0.05) is 36.4 Å². The van der Waals surface area contributed by atoms with E-state index in [1.165, 1.54) is 0 Å². The quantitative estimate of drug-likeness (QED) is 0.108. The van der Waals surface area contributed by atoms with Crippen LogP contribution in [0.3, 0.4) is 0 Å². The van der Waals surface area contributed by atoms with Crippen molar-refractivity contribution in [2.45, 2.75) is 125 Å². The standard InChI is InChI=1S/C20H43IN2S2/c1-15(2,3)22-17(6,7)14-20(12,24)25-18(8,9)13-16(4,5)23-19(10,11)21/h22-24H,13-14H2,1-12H3. The monoisotopic (exact) mass is 502 g/mol. The van der Waals surface area contributed by atoms with Gasteiger partial charge < -0.3 is 5.32 Å². The topological polar surface area (TPSA) is 24.1 Å². The van der Waals surface area contributed by atoms with Crippen molar-refractivity contribution in [2.75, 3.05) is 0 Å². The molecule has 0 aliphatic carbocycles. The average Bonchev–Trinajstić information content (AvgIpc) is 1.97. The van der Waals surface area contributed by atoms with Crippen LogP contribution in [0.4, 0.5) is 0 Å². The van der Waals surface area contributed by atoms with Crippen molar-refractivity contribution in [3.05, 3.63) is 0 Å². The molecule has 2 N–H and O–H groups in total. The van der Waals surface area contributed by atoms with E-state index < -0.39 is 0 Å². The highest BCUT2D eigenvalue weighted by atomic mass is 127. The van der Waals surface area contributed by atoms with E-state index in [-0.39, 0.29) is 29.0 Å². The maximum Gasteiger partial charge on any atom is 0.0652 e. The SMILES string of the molecule is CC(C)(C)NC(C)(C)CC(C)(S)SC(C)(C)CC(C)(C)NC(C)(C)I. The maximum atomic E-state index is 5.06. The molecule has 1 unspecified atom stereocenters. The smallest absolute Gasteiger partial charge is 0.0652 e. The summed E-state index contributed by atoms with van der Waals surface area (Å²) in [5.74, 6) is 0. The highest BCUT2D eigenvalue weighted by Crippen LogP contribution is 2.47. The van der Waals surface area contributed by atoms with Crippen molar-refractivity contribution in [1.82, 2.24) is 10.6 Å². The molecule has 0 saturated heterocycles. The number of nitrogens with one attached hydrogen (secondary N) is 2. The molecule has 0 saturated carbocycles. The third kappa shape index (κ3) is 14.1. The summed E-state index contributed by atoms with van der Waals surface area (Å²) < 4.78 is 0.124. The summed E-state index contributed by atoms with van der Waals surface area (Å²) in [4.78, 5) is 0. The molecule has 0 aromatic heterocycles. The van der Waals surface area contributed by atoms with Gasteiger partial charge in [-0.2, -0.15) is 12.6 Å². The third-order valence-electron chi connectivity index (χ3n) is 3.48. The lowest BCUT2D eigenvalue weighted by molar-refractivity contribution is 0.263. The second kappa shape index (κ2) is 8.38. The summed E-state index contributed by atoms with van der Waals surface area (Å²) in [7, 11) is 0. The van der Waals surface area contributed by atoms with Crippen molar-refractivity contribution < 1.29 is 0 Å². The number of halogens is 1. The summed E-state index contributed by atoms with van der Waals surface area (Å²) in [5.41, 5.74) is 0.214. The first-order chi connectivity index (χ1) is 10.5. The largest absolute Gasteiger partial charge is 0.307 e. The molecule has 0 spiro atoms. The van der Waals surface area contributed by atoms with Gasteiger partial charge in [-0.15, -0.1) is 11.8 Å². The summed E-state index contributed by atoms with van der Waals surface area (Å²) in [6, 6.07) is 0. The minimum atomic E-state index is -0.0961. The Bertz CT molecular complexity index is 390. The molecule has 2 nitrogen and oxygen atoms in total. The lowest BCUT2D eigenvalue weighted by Crippen LogP contribution is -2.53. The fourth-order valence-electron chi connectivity index (χ4n) is 4.46. The first-order valence-electron chi connectivity index (χ1n) is 9.24. The number of alkyl halides is 1. The molecule has 0 heterocycles. The van der Waals surface area contributed by atoms with Gasteiger partial charge in [0.1, 0.15) is 0 Å². The lowest BCUT2D eigenvalue weighted by Gasteiger charge is -2.44. The van der Waals surface area contributed by atoms with Crippen LogP contribution in [-0.4, -0.2) is 29.0 Å². The first kappa shape index (κ1) is 26.4. The Morgan fingerprint density at radius 2 is 1.12 bits per heavy atom. The number of rotatable bonds is 9. The highest BCUT2D eigenvalue weighted by molar-refractivity contribution is 14.1. The molecule has 0 amide bonds. The van der Waals surface area contributed by atoms with E-state index in [1.54, 1.807) is 0 Å². The predicted molar refractivity (Wildman–Crippen MR) is 131 cm³/mol. The zero-order chi connectivity index (χ0) is 20.5. The summed E-state index contributed by atoms with van der Waals surface area (Å²) in [6.07, 6.45) is 2.08. The maximum absolute atomic E-state index is 5.06. The Hall–Kier alpha value is 1.35. The van der Waals surface area contributed by atoms with Crippen LogP contribution < -0.4 is 10.6 Å². The third-order valence-corrected chi connectivity index (χ3v) is 5.47. The first-order valence-corrected chi connectivity index (χ1v) is 11.6. The molecule has 1 atom stereocenters. The summed E-state index contributed by atoms with van der Waals surface area (Å²) in [6.45, 7) is 27.2. The minimum Gasteiger partial charge on any atom is -0.307 e. The number of thioether (sulfide) groups is 1. The van der Waals surface area contributed by atoms with Crippen molar-refractivity contribution in [3.63, 3.8) is 0 Å².